The van der Waals surface area contributed by atoms with Gasteiger partial charge in [-0.1, -0.05) is 194 Å². The fourth-order valence-electron chi connectivity index (χ4n) is 7.65. The highest BCUT2D eigenvalue weighted by Gasteiger charge is 2.38. The highest BCUT2D eigenvalue weighted by atomic mass is 28.4. The minimum absolute atomic E-state index is 0.919. The standard InChI is InChI=1S/C43H92NO3Si/c1-7-9-11-13-15-17-19-21-23-25-27-29-31-33-35-37-40-44(3,42-39-43-48(45-4,46-5)47-6)41-38-36-34-32-30-28-26-24-22-20-18-16-14-12-10-8-2/h7-43H2,1-6H3/q+1. The molecule has 0 atom stereocenters. The van der Waals surface area contributed by atoms with Crippen LogP contribution in [0.5, 0.6) is 0 Å². The van der Waals surface area contributed by atoms with Gasteiger partial charge in [-0.15, -0.1) is 0 Å². The molecule has 0 aromatic heterocycles. The Hall–Kier alpha value is 0.0569. The molecule has 0 N–H and O–H groups in total. The van der Waals surface area contributed by atoms with Crippen molar-refractivity contribution in [3.63, 3.8) is 0 Å². The number of rotatable bonds is 41. The molecule has 0 unspecified atom stereocenters. The predicted octanol–water partition coefficient (Wildman–Crippen LogP) is 14.2. The van der Waals surface area contributed by atoms with E-state index in [2.05, 4.69) is 20.9 Å². The number of hydrogen-bond acceptors (Lipinski definition) is 3. The van der Waals surface area contributed by atoms with Crippen LogP contribution in [0.1, 0.15) is 226 Å². The van der Waals surface area contributed by atoms with E-state index >= 15 is 0 Å². The number of hydrogen-bond donors (Lipinski definition) is 0. The summed E-state index contributed by atoms with van der Waals surface area (Å²) in [5, 5.41) is 0. The first-order valence-corrected chi connectivity index (χ1v) is 23.9. The van der Waals surface area contributed by atoms with Crippen LogP contribution in [0.15, 0.2) is 0 Å². The van der Waals surface area contributed by atoms with Crippen molar-refractivity contribution in [1.82, 2.24) is 0 Å². The Morgan fingerprint density at radius 2 is 0.521 bits per heavy atom. The topological polar surface area (TPSA) is 27.7 Å². The van der Waals surface area contributed by atoms with Gasteiger partial charge in [0.15, 0.2) is 0 Å². The van der Waals surface area contributed by atoms with Gasteiger partial charge in [0, 0.05) is 33.8 Å². The third-order valence-corrected chi connectivity index (χ3v) is 14.0. The highest BCUT2D eigenvalue weighted by Crippen LogP contribution is 2.21. The van der Waals surface area contributed by atoms with Crippen molar-refractivity contribution in [1.29, 1.82) is 0 Å². The molecule has 4 nitrogen and oxygen atoms in total. The van der Waals surface area contributed by atoms with E-state index in [4.69, 9.17) is 13.3 Å². The molecule has 0 amide bonds. The second kappa shape index (κ2) is 36.8. The lowest BCUT2D eigenvalue weighted by Crippen LogP contribution is -2.48. The van der Waals surface area contributed by atoms with Gasteiger partial charge in [-0.2, -0.15) is 0 Å². The second-order valence-corrected chi connectivity index (χ2v) is 18.9. The third-order valence-electron chi connectivity index (χ3n) is 11.2. The Morgan fingerprint density at radius 1 is 0.312 bits per heavy atom. The molecule has 0 rings (SSSR count). The second-order valence-electron chi connectivity index (χ2n) is 15.8. The lowest BCUT2D eigenvalue weighted by atomic mass is 10.0. The van der Waals surface area contributed by atoms with Gasteiger partial charge in [0.1, 0.15) is 0 Å². The van der Waals surface area contributed by atoms with E-state index in [1.54, 1.807) is 21.3 Å². The maximum atomic E-state index is 5.73. The number of nitrogens with zero attached hydrogens (tertiary/aromatic N) is 1. The van der Waals surface area contributed by atoms with Crippen LogP contribution >= 0.6 is 0 Å². The first-order valence-electron chi connectivity index (χ1n) is 22.0. The Morgan fingerprint density at radius 3 is 0.750 bits per heavy atom. The monoisotopic (exact) mass is 699 g/mol. The van der Waals surface area contributed by atoms with Crippen molar-refractivity contribution >= 4 is 8.80 Å². The van der Waals surface area contributed by atoms with Crippen LogP contribution in [0.3, 0.4) is 0 Å². The zero-order valence-electron chi connectivity index (χ0n) is 34.3. The quantitative estimate of drug-likeness (QED) is 0.0361. The molecular formula is C43H92NO3Si+. The summed E-state index contributed by atoms with van der Waals surface area (Å²) < 4.78 is 18.4. The van der Waals surface area contributed by atoms with E-state index in [-0.39, 0.29) is 0 Å². The number of quaternary nitrogens is 1. The van der Waals surface area contributed by atoms with Crippen LogP contribution in [-0.4, -0.2) is 61.3 Å². The van der Waals surface area contributed by atoms with Gasteiger partial charge in [-0.3, -0.25) is 0 Å². The molecule has 5 heteroatoms. The van der Waals surface area contributed by atoms with Crippen molar-refractivity contribution in [2.75, 3.05) is 48.0 Å². The van der Waals surface area contributed by atoms with E-state index in [1.807, 2.05) is 0 Å². The molecule has 0 spiro atoms. The van der Waals surface area contributed by atoms with Crippen molar-refractivity contribution in [3.05, 3.63) is 0 Å². The van der Waals surface area contributed by atoms with Gasteiger partial charge in [0.25, 0.3) is 0 Å². The van der Waals surface area contributed by atoms with Crippen LogP contribution in [-0.2, 0) is 13.3 Å². The number of unbranched alkanes of at least 4 members (excludes halogenated alkanes) is 30. The molecule has 48 heavy (non-hydrogen) atoms. The fourth-order valence-corrected chi connectivity index (χ4v) is 9.36. The SMILES string of the molecule is CCCCCCCCCCCCCCCCCC[N+](C)(CCCCCCCCCCCCCCCCCC)CCC[Si](OC)(OC)OC. The van der Waals surface area contributed by atoms with Crippen molar-refractivity contribution in [3.8, 4) is 0 Å². The van der Waals surface area contributed by atoms with Crippen molar-refractivity contribution in [2.45, 2.75) is 232 Å². The minimum Gasteiger partial charge on any atom is -0.377 e. The maximum Gasteiger partial charge on any atom is 0.500 e. The summed E-state index contributed by atoms with van der Waals surface area (Å²) >= 11 is 0. The van der Waals surface area contributed by atoms with E-state index in [0.29, 0.717) is 0 Å². The Balaban J connectivity index is 4.09. The minimum atomic E-state index is -2.48. The summed E-state index contributed by atoms with van der Waals surface area (Å²) in [6.07, 6.45) is 47.1. The van der Waals surface area contributed by atoms with Gasteiger partial charge in [0.2, 0.25) is 0 Å². The summed E-state index contributed by atoms with van der Waals surface area (Å²) in [7, 11) is 5.29. The molecule has 0 aliphatic carbocycles. The molecule has 0 fully saturated rings. The summed E-state index contributed by atoms with van der Waals surface area (Å²) in [5.41, 5.74) is 0. The Labute approximate surface area is 305 Å². The van der Waals surface area contributed by atoms with Gasteiger partial charge in [0.05, 0.1) is 26.7 Å². The van der Waals surface area contributed by atoms with Crippen LogP contribution in [0, 0.1) is 0 Å². The van der Waals surface area contributed by atoms with E-state index in [0.717, 1.165) is 12.5 Å². The predicted molar refractivity (Wildman–Crippen MR) is 216 cm³/mol. The van der Waals surface area contributed by atoms with Crippen LogP contribution in [0.4, 0.5) is 0 Å². The molecule has 0 bridgehead atoms. The van der Waals surface area contributed by atoms with E-state index < -0.39 is 8.80 Å². The summed E-state index contributed by atoms with van der Waals surface area (Å²) in [6, 6.07) is 0.919. The first-order chi connectivity index (χ1) is 23.5. The normalized spacial score (nSPS) is 12.4. The molecule has 0 aliphatic rings. The summed E-state index contributed by atoms with van der Waals surface area (Å²) in [6.45, 7) is 8.46. The first kappa shape index (κ1) is 48.1. The fraction of sp³-hybridized carbons (Fsp3) is 1.00. The van der Waals surface area contributed by atoms with Crippen LogP contribution in [0.2, 0.25) is 6.04 Å². The van der Waals surface area contributed by atoms with E-state index in [1.165, 1.54) is 230 Å². The maximum absolute atomic E-state index is 5.73. The molecule has 290 valence electrons. The zero-order valence-corrected chi connectivity index (χ0v) is 35.3. The van der Waals surface area contributed by atoms with Crippen molar-refractivity contribution in [2.24, 2.45) is 0 Å². The zero-order chi connectivity index (χ0) is 35.3. The molecule has 0 aromatic rings. The molecule has 0 heterocycles. The molecular weight excluding hydrogens is 607 g/mol. The van der Waals surface area contributed by atoms with Gasteiger partial charge in [-0.05, 0) is 25.7 Å². The smallest absolute Gasteiger partial charge is 0.377 e. The highest BCUT2D eigenvalue weighted by molar-refractivity contribution is 6.60. The van der Waals surface area contributed by atoms with Crippen molar-refractivity contribution < 1.29 is 17.8 Å². The van der Waals surface area contributed by atoms with Crippen LogP contribution < -0.4 is 0 Å². The molecule has 0 aromatic carbocycles. The molecule has 0 saturated carbocycles. The lowest BCUT2D eigenvalue weighted by molar-refractivity contribution is -0.910. The molecule has 0 radical (unpaired) electrons. The molecule has 0 saturated heterocycles. The Kier molecular flexibility index (Phi) is 36.9. The largest absolute Gasteiger partial charge is 0.500 e. The van der Waals surface area contributed by atoms with Gasteiger partial charge >= 0.3 is 8.80 Å². The average molecular weight is 699 g/mol. The van der Waals surface area contributed by atoms with Gasteiger partial charge < -0.3 is 17.8 Å². The summed E-state index contributed by atoms with van der Waals surface area (Å²) in [4.78, 5) is 0. The average Bonchev–Trinajstić information content (AvgIpc) is 3.10. The lowest BCUT2D eigenvalue weighted by Gasteiger charge is -2.36. The Bertz CT molecular complexity index is 571. The molecule has 0 aliphatic heterocycles. The van der Waals surface area contributed by atoms with Crippen LogP contribution in [0.25, 0.3) is 0 Å². The third kappa shape index (κ3) is 30.8. The summed E-state index contributed by atoms with van der Waals surface area (Å²) in [5.74, 6) is 0. The van der Waals surface area contributed by atoms with Gasteiger partial charge in [-0.25, -0.2) is 0 Å². The van der Waals surface area contributed by atoms with E-state index in [9.17, 15) is 0 Å².